The zero-order chi connectivity index (χ0) is 17.4. The van der Waals surface area contributed by atoms with Gasteiger partial charge in [0.25, 0.3) is 0 Å². The van der Waals surface area contributed by atoms with Gasteiger partial charge in [-0.1, -0.05) is 62.4 Å². The van der Waals surface area contributed by atoms with E-state index in [1.54, 1.807) is 19.1 Å². The molecule has 2 rings (SSSR count). The van der Waals surface area contributed by atoms with Crippen molar-refractivity contribution in [2.75, 3.05) is 0 Å². The summed E-state index contributed by atoms with van der Waals surface area (Å²) in [6, 6.07) is 9.03. The molecule has 0 heterocycles. The van der Waals surface area contributed by atoms with Crippen LogP contribution in [0.25, 0.3) is 0 Å². The summed E-state index contributed by atoms with van der Waals surface area (Å²) in [5.41, 5.74) is 4.25. The standard InChI is InChI=1S/C19H28N2O3/c1-19(24,16-10-6-3-7-11-16)14-18(23)21-20-17(22)13-12-15-8-4-2-5-9-15/h3,6-7,10-11,15,24H,2,4-5,8-9,12-14H2,1H3,(H,20,22)(H,21,23). The van der Waals surface area contributed by atoms with Crippen LogP contribution in [-0.2, 0) is 15.2 Å². The van der Waals surface area contributed by atoms with Gasteiger partial charge in [-0.3, -0.25) is 20.4 Å². The van der Waals surface area contributed by atoms with Gasteiger partial charge in [-0.25, -0.2) is 0 Å². The van der Waals surface area contributed by atoms with Crippen LogP contribution < -0.4 is 10.9 Å². The van der Waals surface area contributed by atoms with Crippen LogP contribution in [0.3, 0.4) is 0 Å². The predicted molar refractivity (Wildman–Crippen MR) is 92.7 cm³/mol. The maximum Gasteiger partial charge on any atom is 0.241 e. The first-order chi connectivity index (χ1) is 11.5. The number of hydrogen-bond acceptors (Lipinski definition) is 3. The molecule has 2 amide bonds. The van der Waals surface area contributed by atoms with Crippen LogP contribution in [0.4, 0.5) is 0 Å². The summed E-state index contributed by atoms with van der Waals surface area (Å²) in [5.74, 6) is 0.0576. The van der Waals surface area contributed by atoms with Gasteiger partial charge in [0.2, 0.25) is 11.8 Å². The molecule has 0 aliphatic heterocycles. The summed E-state index contributed by atoms with van der Waals surface area (Å²) in [4.78, 5) is 23.8. The minimum absolute atomic E-state index is 0.111. The monoisotopic (exact) mass is 332 g/mol. The third-order valence-electron chi connectivity index (χ3n) is 4.75. The molecule has 132 valence electrons. The second kappa shape index (κ2) is 8.83. The van der Waals surface area contributed by atoms with Gasteiger partial charge in [0, 0.05) is 6.42 Å². The molecular weight excluding hydrogens is 304 g/mol. The first-order valence-corrected chi connectivity index (χ1v) is 8.83. The third kappa shape index (κ3) is 5.96. The normalized spacial score (nSPS) is 17.8. The van der Waals surface area contributed by atoms with Gasteiger partial charge in [-0.15, -0.1) is 0 Å². The van der Waals surface area contributed by atoms with Crippen LogP contribution in [0.1, 0.15) is 63.9 Å². The van der Waals surface area contributed by atoms with Crippen LogP contribution in [0.2, 0.25) is 0 Å². The van der Waals surface area contributed by atoms with E-state index in [2.05, 4.69) is 10.9 Å². The largest absolute Gasteiger partial charge is 0.385 e. The molecule has 1 aromatic rings. The number of amides is 2. The fraction of sp³-hybridized carbons (Fsp3) is 0.579. The lowest BCUT2D eigenvalue weighted by Crippen LogP contribution is -2.44. The molecule has 1 aromatic carbocycles. The van der Waals surface area contributed by atoms with Crippen LogP contribution in [0.15, 0.2) is 30.3 Å². The number of hydrogen-bond donors (Lipinski definition) is 3. The second-order valence-corrected chi connectivity index (χ2v) is 6.96. The molecule has 0 radical (unpaired) electrons. The number of aliphatic hydroxyl groups is 1. The molecule has 1 aliphatic carbocycles. The molecule has 0 aromatic heterocycles. The Morgan fingerprint density at radius 2 is 1.71 bits per heavy atom. The van der Waals surface area contributed by atoms with Crippen molar-refractivity contribution in [2.45, 2.75) is 63.9 Å². The third-order valence-corrected chi connectivity index (χ3v) is 4.75. The fourth-order valence-electron chi connectivity index (χ4n) is 3.27. The van der Waals surface area contributed by atoms with Gasteiger partial charge >= 0.3 is 0 Å². The van der Waals surface area contributed by atoms with E-state index in [4.69, 9.17) is 0 Å². The van der Waals surface area contributed by atoms with Crippen molar-refractivity contribution in [1.82, 2.24) is 10.9 Å². The summed E-state index contributed by atoms with van der Waals surface area (Å²) in [5, 5.41) is 10.4. The summed E-state index contributed by atoms with van der Waals surface area (Å²) in [7, 11) is 0. The van der Waals surface area contributed by atoms with Gasteiger partial charge < -0.3 is 5.11 Å². The van der Waals surface area contributed by atoms with E-state index >= 15 is 0 Å². The molecular formula is C19H28N2O3. The highest BCUT2D eigenvalue weighted by atomic mass is 16.3. The van der Waals surface area contributed by atoms with E-state index < -0.39 is 11.5 Å². The Labute approximate surface area is 143 Å². The Morgan fingerprint density at radius 1 is 1.08 bits per heavy atom. The number of hydrazine groups is 1. The Kier molecular flexibility index (Phi) is 6.79. The predicted octanol–water partition coefficient (Wildman–Crippen LogP) is 2.79. The Hall–Kier alpha value is -1.88. The molecule has 0 bridgehead atoms. The lowest BCUT2D eigenvalue weighted by molar-refractivity contribution is -0.132. The van der Waals surface area contributed by atoms with Gasteiger partial charge in [-0.2, -0.15) is 0 Å². The van der Waals surface area contributed by atoms with Gasteiger partial charge in [0.05, 0.1) is 12.0 Å². The molecule has 24 heavy (non-hydrogen) atoms. The molecule has 1 aliphatic rings. The molecule has 5 heteroatoms. The minimum Gasteiger partial charge on any atom is -0.385 e. The first-order valence-electron chi connectivity index (χ1n) is 8.83. The summed E-state index contributed by atoms with van der Waals surface area (Å²) in [6.45, 7) is 1.59. The Balaban J connectivity index is 1.69. The van der Waals surface area contributed by atoms with Gasteiger partial charge in [0.15, 0.2) is 0 Å². The molecule has 0 spiro atoms. The fourth-order valence-corrected chi connectivity index (χ4v) is 3.27. The second-order valence-electron chi connectivity index (χ2n) is 6.96. The maximum absolute atomic E-state index is 12.0. The van der Waals surface area contributed by atoms with E-state index in [0.29, 0.717) is 17.9 Å². The first kappa shape index (κ1) is 18.5. The number of benzene rings is 1. The van der Waals surface area contributed by atoms with Crippen LogP contribution >= 0.6 is 0 Å². The SMILES string of the molecule is CC(O)(CC(=O)NNC(=O)CCC1CCCCC1)c1ccccc1. The molecule has 5 nitrogen and oxygen atoms in total. The van der Waals surface area contributed by atoms with Crippen molar-refractivity contribution >= 4 is 11.8 Å². The van der Waals surface area contributed by atoms with E-state index in [-0.39, 0.29) is 12.3 Å². The van der Waals surface area contributed by atoms with Gasteiger partial charge in [0.1, 0.15) is 0 Å². The van der Waals surface area contributed by atoms with E-state index in [9.17, 15) is 14.7 Å². The summed E-state index contributed by atoms with van der Waals surface area (Å²) in [6.07, 6.45) is 7.44. The zero-order valence-corrected chi connectivity index (χ0v) is 14.4. The smallest absolute Gasteiger partial charge is 0.241 e. The number of nitrogens with one attached hydrogen (secondary N) is 2. The minimum atomic E-state index is -1.27. The van der Waals surface area contributed by atoms with Crippen molar-refractivity contribution < 1.29 is 14.7 Å². The summed E-state index contributed by atoms with van der Waals surface area (Å²) >= 11 is 0. The van der Waals surface area contributed by atoms with Crippen molar-refractivity contribution in [1.29, 1.82) is 0 Å². The van der Waals surface area contributed by atoms with Crippen LogP contribution in [0, 0.1) is 5.92 Å². The average molecular weight is 332 g/mol. The topological polar surface area (TPSA) is 78.4 Å². The van der Waals surface area contributed by atoms with Crippen molar-refractivity contribution in [3.8, 4) is 0 Å². The number of carbonyl (C=O) groups excluding carboxylic acids is 2. The number of rotatable bonds is 6. The molecule has 1 atom stereocenters. The lowest BCUT2D eigenvalue weighted by Gasteiger charge is -2.23. The van der Waals surface area contributed by atoms with E-state index in [1.807, 2.05) is 18.2 Å². The Morgan fingerprint density at radius 3 is 2.38 bits per heavy atom. The van der Waals surface area contributed by atoms with Gasteiger partial charge in [-0.05, 0) is 24.8 Å². The molecule has 3 N–H and O–H groups in total. The Bertz CT molecular complexity index is 537. The lowest BCUT2D eigenvalue weighted by atomic mass is 9.86. The van der Waals surface area contributed by atoms with E-state index in [1.165, 1.54) is 32.1 Å². The van der Waals surface area contributed by atoms with Crippen molar-refractivity contribution in [3.63, 3.8) is 0 Å². The quantitative estimate of drug-likeness (QED) is 0.701. The van der Waals surface area contributed by atoms with Crippen LogP contribution in [0.5, 0.6) is 0 Å². The average Bonchev–Trinajstić information content (AvgIpc) is 2.59. The maximum atomic E-state index is 12.0. The van der Waals surface area contributed by atoms with Crippen molar-refractivity contribution in [3.05, 3.63) is 35.9 Å². The molecule has 1 unspecified atom stereocenters. The van der Waals surface area contributed by atoms with Crippen LogP contribution in [-0.4, -0.2) is 16.9 Å². The highest BCUT2D eigenvalue weighted by Gasteiger charge is 2.26. The van der Waals surface area contributed by atoms with E-state index in [0.717, 1.165) is 6.42 Å². The molecule has 1 fully saturated rings. The number of carbonyl (C=O) groups is 2. The highest BCUT2D eigenvalue weighted by Crippen LogP contribution is 2.27. The van der Waals surface area contributed by atoms with Crippen molar-refractivity contribution in [2.24, 2.45) is 5.92 Å². The summed E-state index contributed by atoms with van der Waals surface area (Å²) < 4.78 is 0. The zero-order valence-electron chi connectivity index (χ0n) is 14.4. The highest BCUT2D eigenvalue weighted by molar-refractivity contribution is 5.82. The molecule has 1 saturated carbocycles. The molecule has 0 saturated heterocycles.